The molecule has 0 radical (unpaired) electrons. The summed E-state index contributed by atoms with van der Waals surface area (Å²) in [5.74, 6) is 0.403. The van der Waals surface area contributed by atoms with Gasteiger partial charge in [-0.05, 0) is 19.1 Å². The van der Waals surface area contributed by atoms with Crippen molar-refractivity contribution in [3.63, 3.8) is 0 Å². The van der Waals surface area contributed by atoms with Crippen molar-refractivity contribution in [1.29, 1.82) is 0 Å². The van der Waals surface area contributed by atoms with Gasteiger partial charge in [-0.3, -0.25) is 0 Å². The van der Waals surface area contributed by atoms with Gasteiger partial charge in [-0.15, -0.1) is 0 Å². The molecule has 0 saturated heterocycles. The number of nitrogens with one attached hydrogen (secondary N) is 2. The summed E-state index contributed by atoms with van der Waals surface area (Å²) in [6.07, 6.45) is 9.15. The molecule has 0 aromatic carbocycles. The minimum atomic E-state index is -3.54. The largest absolute Gasteiger partial charge is 0.357 e. The highest BCUT2D eigenvalue weighted by molar-refractivity contribution is 8.00. The number of anilines is 1. The quantitative estimate of drug-likeness (QED) is 0.827. The molecule has 2 rings (SSSR count). The molecule has 20 heavy (non-hydrogen) atoms. The normalized spacial score (nSPS) is 18.1. The van der Waals surface area contributed by atoms with Gasteiger partial charge >= 0.3 is 0 Å². The molecule has 0 bridgehead atoms. The highest BCUT2D eigenvalue weighted by Gasteiger charge is 2.34. The molecule has 1 heterocycles. The van der Waals surface area contributed by atoms with Crippen LogP contribution in [0.2, 0.25) is 0 Å². The van der Waals surface area contributed by atoms with Crippen LogP contribution in [0.5, 0.6) is 0 Å². The van der Waals surface area contributed by atoms with E-state index >= 15 is 0 Å². The molecule has 1 aromatic heterocycles. The molecule has 1 aromatic rings. The van der Waals surface area contributed by atoms with Crippen LogP contribution in [-0.4, -0.2) is 43.0 Å². The molecular formula is C12H20N4O2S2. The maximum atomic E-state index is 12.2. The summed E-state index contributed by atoms with van der Waals surface area (Å²) in [5.41, 5.74) is 0. The van der Waals surface area contributed by atoms with Gasteiger partial charge in [0.2, 0.25) is 16.0 Å². The Labute approximate surface area is 124 Å². The summed E-state index contributed by atoms with van der Waals surface area (Å²) >= 11 is 1.75. The molecule has 0 spiro atoms. The topological polar surface area (TPSA) is 84.0 Å². The van der Waals surface area contributed by atoms with E-state index in [1.54, 1.807) is 18.8 Å². The third kappa shape index (κ3) is 3.42. The van der Waals surface area contributed by atoms with Gasteiger partial charge in [0.05, 0.1) is 12.4 Å². The number of thioether (sulfide) groups is 1. The van der Waals surface area contributed by atoms with Crippen LogP contribution in [0.15, 0.2) is 17.3 Å². The van der Waals surface area contributed by atoms with Gasteiger partial charge in [0.15, 0.2) is 0 Å². The van der Waals surface area contributed by atoms with E-state index in [9.17, 15) is 8.42 Å². The fourth-order valence-electron chi connectivity index (χ4n) is 2.37. The van der Waals surface area contributed by atoms with Crippen molar-refractivity contribution in [3.8, 4) is 0 Å². The number of aromatic nitrogens is 2. The molecular weight excluding hydrogens is 296 g/mol. The van der Waals surface area contributed by atoms with Gasteiger partial charge in [-0.2, -0.15) is 11.8 Å². The summed E-state index contributed by atoms with van der Waals surface area (Å²) < 4.78 is 27.2. The molecule has 6 nitrogen and oxygen atoms in total. The maximum absolute atomic E-state index is 12.2. The molecule has 0 amide bonds. The van der Waals surface area contributed by atoms with Crippen molar-refractivity contribution < 1.29 is 8.42 Å². The molecule has 1 fully saturated rings. The summed E-state index contributed by atoms with van der Waals surface area (Å²) in [6.45, 7) is 0.463. The van der Waals surface area contributed by atoms with Crippen molar-refractivity contribution in [1.82, 2.24) is 14.7 Å². The fraction of sp³-hybridized carbons (Fsp3) is 0.667. The van der Waals surface area contributed by atoms with Crippen LogP contribution in [-0.2, 0) is 10.0 Å². The second-order valence-corrected chi connectivity index (χ2v) is 7.95. The van der Waals surface area contributed by atoms with Gasteiger partial charge in [-0.25, -0.2) is 23.1 Å². The van der Waals surface area contributed by atoms with Crippen LogP contribution < -0.4 is 10.0 Å². The highest BCUT2D eigenvalue weighted by Crippen LogP contribution is 2.39. The molecule has 0 aliphatic heterocycles. The molecule has 1 saturated carbocycles. The minimum Gasteiger partial charge on any atom is -0.357 e. The first-order chi connectivity index (χ1) is 9.51. The lowest BCUT2D eigenvalue weighted by Gasteiger charge is -2.26. The third-order valence-electron chi connectivity index (χ3n) is 3.69. The molecule has 0 atom stereocenters. The van der Waals surface area contributed by atoms with E-state index < -0.39 is 10.0 Å². The Morgan fingerprint density at radius 1 is 1.30 bits per heavy atom. The van der Waals surface area contributed by atoms with E-state index in [2.05, 4.69) is 20.0 Å². The molecule has 112 valence electrons. The van der Waals surface area contributed by atoms with E-state index in [4.69, 9.17) is 0 Å². The van der Waals surface area contributed by atoms with E-state index in [0.717, 1.165) is 12.8 Å². The van der Waals surface area contributed by atoms with Gasteiger partial charge in [0.25, 0.3) is 0 Å². The zero-order chi connectivity index (χ0) is 14.6. The van der Waals surface area contributed by atoms with Crippen LogP contribution in [0, 0.1) is 0 Å². The van der Waals surface area contributed by atoms with Gasteiger partial charge in [0, 0.05) is 18.3 Å². The van der Waals surface area contributed by atoms with Crippen LogP contribution in [0.25, 0.3) is 0 Å². The molecule has 8 heteroatoms. The second kappa shape index (κ2) is 6.28. The Morgan fingerprint density at radius 2 is 1.90 bits per heavy atom. The smallest absolute Gasteiger partial charge is 0.243 e. The predicted octanol–water partition coefficient (Wildman–Crippen LogP) is 1.47. The minimum absolute atomic E-state index is 0.0405. The summed E-state index contributed by atoms with van der Waals surface area (Å²) in [6, 6.07) is 0. The number of hydrogen-bond donors (Lipinski definition) is 2. The van der Waals surface area contributed by atoms with Crippen molar-refractivity contribution in [3.05, 3.63) is 12.4 Å². The van der Waals surface area contributed by atoms with Crippen LogP contribution in [0.1, 0.15) is 25.7 Å². The maximum Gasteiger partial charge on any atom is 0.243 e. The van der Waals surface area contributed by atoms with Crippen molar-refractivity contribution >= 4 is 27.7 Å². The van der Waals surface area contributed by atoms with Crippen molar-refractivity contribution in [2.24, 2.45) is 0 Å². The predicted molar refractivity (Wildman–Crippen MR) is 81.5 cm³/mol. The van der Waals surface area contributed by atoms with Crippen molar-refractivity contribution in [2.75, 3.05) is 25.2 Å². The first-order valence-electron chi connectivity index (χ1n) is 6.56. The zero-order valence-corrected chi connectivity index (χ0v) is 13.4. The second-order valence-electron chi connectivity index (χ2n) is 4.91. The van der Waals surface area contributed by atoms with Crippen LogP contribution in [0.3, 0.4) is 0 Å². The summed E-state index contributed by atoms with van der Waals surface area (Å²) in [7, 11) is -1.85. The van der Waals surface area contributed by atoms with E-state index in [1.165, 1.54) is 25.2 Å². The van der Waals surface area contributed by atoms with E-state index in [1.807, 2.05) is 6.26 Å². The SMILES string of the molecule is CNc1ncc(S(=O)(=O)NCC2(SC)CCCC2)cn1. The van der Waals surface area contributed by atoms with Gasteiger partial charge in [0.1, 0.15) is 4.90 Å². The van der Waals surface area contributed by atoms with Crippen LogP contribution >= 0.6 is 11.8 Å². The first-order valence-corrected chi connectivity index (χ1v) is 9.27. The fourth-order valence-corrected chi connectivity index (χ4v) is 4.39. The lowest BCUT2D eigenvalue weighted by Crippen LogP contribution is -2.38. The number of sulfonamides is 1. The lowest BCUT2D eigenvalue weighted by atomic mass is 10.1. The Balaban J connectivity index is 2.06. The third-order valence-corrected chi connectivity index (χ3v) is 6.47. The Bertz CT molecular complexity index is 539. The number of nitrogens with zero attached hydrogens (tertiary/aromatic N) is 2. The molecule has 0 unspecified atom stereocenters. The number of hydrogen-bond acceptors (Lipinski definition) is 6. The first kappa shape index (κ1) is 15.5. The Kier molecular flexibility index (Phi) is 4.87. The summed E-state index contributed by atoms with van der Waals surface area (Å²) in [4.78, 5) is 7.97. The average molecular weight is 316 g/mol. The Hall–Kier alpha value is -0.860. The monoisotopic (exact) mass is 316 g/mol. The van der Waals surface area contributed by atoms with Gasteiger partial charge < -0.3 is 5.32 Å². The van der Waals surface area contributed by atoms with Crippen molar-refractivity contribution in [2.45, 2.75) is 35.3 Å². The highest BCUT2D eigenvalue weighted by atomic mass is 32.2. The van der Waals surface area contributed by atoms with E-state index in [-0.39, 0.29) is 9.64 Å². The van der Waals surface area contributed by atoms with Gasteiger partial charge in [-0.1, -0.05) is 12.8 Å². The lowest BCUT2D eigenvalue weighted by molar-refractivity contribution is 0.550. The molecule has 1 aliphatic carbocycles. The summed E-state index contributed by atoms with van der Waals surface area (Å²) in [5, 5.41) is 2.76. The zero-order valence-electron chi connectivity index (χ0n) is 11.7. The van der Waals surface area contributed by atoms with Crippen LogP contribution in [0.4, 0.5) is 5.95 Å². The molecule has 2 N–H and O–H groups in total. The number of rotatable bonds is 6. The van der Waals surface area contributed by atoms with E-state index in [0.29, 0.717) is 12.5 Å². The Morgan fingerprint density at radius 3 is 2.40 bits per heavy atom. The average Bonchev–Trinajstić information content (AvgIpc) is 2.95. The molecule has 1 aliphatic rings. The standard InChI is InChI=1S/C12H20N4O2S2/c1-13-11-14-7-10(8-15-11)20(17,18)16-9-12(19-2)5-3-4-6-12/h7-8,16H,3-6,9H2,1-2H3,(H,13,14,15).